The topological polar surface area (TPSA) is 32.3 Å². The molecule has 0 bridgehead atoms. The number of nitrogens with one attached hydrogen (secondary N) is 1. The Hall–Kier alpha value is -0.870. The summed E-state index contributed by atoms with van der Waals surface area (Å²) in [5.74, 6) is 1.13. The fourth-order valence-electron chi connectivity index (χ4n) is 3.03. The zero-order valence-corrected chi connectivity index (χ0v) is 12.5. The van der Waals surface area contributed by atoms with Crippen molar-refractivity contribution in [1.29, 1.82) is 0 Å². The van der Waals surface area contributed by atoms with E-state index in [9.17, 15) is 4.79 Å². The van der Waals surface area contributed by atoms with Crippen LogP contribution in [0.2, 0.25) is 0 Å². The summed E-state index contributed by atoms with van der Waals surface area (Å²) in [5, 5.41) is 7.69. The molecule has 1 N–H and O–H groups in total. The first kappa shape index (κ1) is 13.1. The Morgan fingerprint density at radius 3 is 2.89 bits per heavy atom. The van der Waals surface area contributed by atoms with Crippen LogP contribution in [0, 0.1) is 5.92 Å². The second kappa shape index (κ2) is 5.25. The van der Waals surface area contributed by atoms with E-state index < -0.39 is 0 Å². The van der Waals surface area contributed by atoms with E-state index in [1.54, 1.807) is 11.3 Å². The zero-order chi connectivity index (χ0) is 13.4. The molecule has 4 heteroatoms. The van der Waals surface area contributed by atoms with Crippen LogP contribution in [0.4, 0.5) is 0 Å². The van der Waals surface area contributed by atoms with Gasteiger partial charge in [-0.2, -0.15) is 11.3 Å². The van der Waals surface area contributed by atoms with Crippen LogP contribution in [0.3, 0.4) is 0 Å². The van der Waals surface area contributed by atoms with Gasteiger partial charge in [0, 0.05) is 6.04 Å². The average Bonchev–Trinajstić information content (AvgIpc) is 2.96. The summed E-state index contributed by atoms with van der Waals surface area (Å²) in [7, 11) is 0. The first-order valence-electron chi connectivity index (χ1n) is 7.31. The molecular weight excluding hydrogens is 256 g/mol. The molecule has 19 heavy (non-hydrogen) atoms. The number of thiophene rings is 1. The summed E-state index contributed by atoms with van der Waals surface area (Å²) in [4.78, 5) is 14.6. The van der Waals surface area contributed by atoms with Crippen molar-refractivity contribution in [2.45, 2.75) is 57.8 Å². The minimum Gasteiger partial charge on any atom is -0.319 e. The second-order valence-electron chi connectivity index (χ2n) is 5.83. The van der Waals surface area contributed by atoms with Gasteiger partial charge in [-0.15, -0.1) is 0 Å². The highest BCUT2D eigenvalue weighted by Gasteiger charge is 2.42. The van der Waals surface area contributed by atoms with Crippen molar-refractivity contribution in [2.75, 3.05) is 0 Å². The highest BCUT2D eigenvalue weighted by Crippen LogP contribution is 2.38. The van der Waals surface area contributed by atoms with Crippen LogP contribution in [0.25, 0.3) is 0 Å². The van der Waals surface area contributed by atoms with Crippen molar-refractivity contribution in [3.05, 3.63) is 22.4 Å². The van der Waals surface area contributed by atoms with E-state index in [4.69, 9.17) is 0 Å². The third kappa shape index (κ3) is 2.56. The van der Waals surface area contributed by atoms with Crippen LogP contribution in [0.15, 0.2) is 16.8 Å². The van der Waals surface area contributed by atoms with E-state index in [0.717, 1.165) is 12.3 Å². The Kier molecular flexibility index (Phi) is 3.63. The van der Waals surface area contributed by atoms with E-state index >= 15 is 0 Å². The number of hydrogen-bond acceptors (Lipinski definition) is 3. The quantitative estimate of drug-likeness (QED) is 0.897. The molecule has 3 unspecified atom stereocenters. The van der Waals surface area contributed by atoms with Gasteiger partial charge in [0.2, 0.25) is 5.91 Å². The second-order valence-corrected chi connectivity index (χ2v) is 6.61. The lowest BCUT2D eigenvalue weighted by Crippen LogP contribution is -2.40. The van der Waals surface area contributed by atoms with Crippen molar-refractivity contribution in [3.8, 4) is 0 Å². The van der Waals surface area contributed by atoms with Crippen molar-refractivity contribution >= 4 is 17.2 Å². The molecule has 2 fully saturated rings. The number of hydrogen-bond donors (Lipinski definition) is 1. The highest BCUT2D eigenvalue weighted by molar-refractivity contribution is 7.07. The Labute approximate surface area is 119 Å². The van der Waals surface area contributed by atoms with Gasteiger partial charge in [0.1, 0.15) is 6.17 Å². The lowest BCUT2D eigenvalue weighted by atomic mass is 10.0. The van der Waals surface area contributed by atoms with Gasteiger partial charge < -0.3 is 4.90 Å². The minimum absolute atomic E-state index is 0.0573. The van der Waals surface area contributed by atoms with Gasteiger partial charge in [-0.25, -0.2) is 0 Å². The van der Waals surface area contributed by atoms with Crippen molar-refractivity contribution in [1.82, 2.24) is 10.2 Å². The third-order valence-electron chi connectivity index (χ3n) is 4.34. The monoisotopic (exact) mass is 278 g/mol. The van der Waals surface area contributed by atoms with Crippen LogP contribution in [-0.4, -0.2) is 22.9 Å². The third-order valence-corrected chi connectivity index (χ3v) is 5.04. The molecule has 3 atom stereocenters. The number of carbonyl (C=O) groups is 1. The van der Waals surface area contributed by atoms with Gasteiger partial charge in [0.05, 0.1) is 6.04 Å². The number of rotatable bonds is 5. The average molecular weight is 278 g/mol. The van der Waals surface area contributed by atoms with Crippen LogP contribution in [0.5, 0.6) is 0 Å². The van der Waals surface area contributed by atoms with Gasteiger partial charge in [0.15, 0.2) is 0 Å². The van der Waals surface area contributed by atoms with Gasteiger partial charge in [-0.05, 0) is 48.1 Å². The molecule has 1 saturated heterocycles. The Bertz CT molecular complexity index is 441. The van der Waals surface area contributed by atoms with E-state index in [-0.39, 0.29) is 18.1 Å². The minimum atomic E-state index is -0.0573. The normalized spacial score (nSPS) is 28.9. The predicted molar refractivity (Wildman–Crippen MR) is 77.9 cm³/mol. The van der Waals surface area contributed by atoms with Crippen LogP contribution >= 0.6 is 11.3 Å². The fraction of sp³-hybridized carbons (Fsp3) is 0.667. The van der Waals surface area contributed by atoms with Crippen molar-refractivity contribution < 1.29 is 4.79 Å². The SMILES string of the molecule is CCC(CC1CC1)N1C(=O)C(C)NC1c1ccsc1. The molecule has 1 aromatic heterocycles. The largest absolute Gasteiger partial charge is 0.319 e. The predicted octanol–water partition coefficient (Wildman–Crippen LogP) is 3.15. The molecule has 2 heterocycles. The summed E-state index contributed by atoms with van der Waals surface area (Å²) >= 11 is 1.70. The lowest BCUT2D eigenvalue weighted by Gasteiger charge is -2.32. The van der Waals surface area contributed by atoms with E-state index in [0.29, 0.717) is 6.04 Å². The van der Waals surface area contributed by atoms with Gasteiger partial charge >= 0.3 is 0 Å². The number of carbonyl (C=O) groups excluding carboxylic acids is 1. The van der Waals surface area contributed by atoms with Crippen LogP contribution in [0.1, 0.15) is 51.3 Å². The number of nitrogens with zero attached hydrogens (tertiary/aromatic N) is 1. The van der Waals surface area contributed by atoms with Crippen molar-refractivity contribution in [3.63, 3.8) is 0 Å². The standard InChI is InChI=1S/C15H22N2OS/c1-3-13(8-11-4-5-11)17-14(12-6-7-19-9-12)16-10(2)15(17)18/h6-7,9-11,13-14,16H,3-5,8H2,1-2H3. The summed E-state index contributed by atoms with van der Waals surface area (Å²) in [5.41, 5.74) is 1.23. The highest BCUT2D eigenvalue weighted by atomic mass is 32.1. The maximum absolute atomic E-state index is 12.5. The molecule has 1 aliphatic carbocycles. The first-order chi connectivity index (χ1) is 9.20. The Morgan fingerprint density at radius 2 is 2.32 bits per heavy atom. The lowest BCUT2D eigenvalue weighted by molar-refractivity contribution is -0.132. The van der Waals surface area contributed by atoms with E-state index in [1.807, 2.05) is 6.92 Å². The van der Waals surface area contributed by atoms with Crippen LogP contribution < -0.4 is 5.32 Å². The van der Waals surface area contributed by atoms with E-state index in [2.05, 4.69) is 34.0 Å². The molecule has 2 aliphatic rings. The summed E-state index contributed by atoms with van der Waals surface area (Å²) < 4.78 is 0. The van der Waals surface area contributed by atoms with Crippen molar-refractivity contribution in [2.24, 2.45) is 5.92 Å². The summed E-state index contributed by atoms with van der Waals surface area (Å²) in [6, 6.07) is 2.46. The molecule has 104 valence electrons. The zero-order valence-electron chi connectivity index (χ0n) is 11.6. The molecule has 0 radical (unpaired) electrons. The molecule has 0 aromatic carbocycles. The molecule has 1 saturated carbocycles. The maximum Gasteiger partial charge on any atom is 0.241 e. The Balaban J connectivity index is 1.83. The molecule has 3 nitrogen and oxygen atoms in total. The molecule has 0 spiro atoms. The van der Waals surface area contributed by atoms with Gasteiger partial charge in [0.25, 0.3) is 0 Å². The molecule has 1 amide bonds. The fourth-order valence-corrected chi connectivity index (χ4v) is 3.71. The van der Waals surface area contributed by atoms with Crippen LogP contribution in [-0.2, 0) is 4.79 Å². The Morgan fingerprint density at radius 1 is 1.53 bits per heavy atom. The summed E-state index contributed by atoms with van der Waals surface area (Å²) in [6.07, 6.45) is 5.02. The van der Waals surface area contributed by atoms with E-state index in [1.165, 1.54) is 24.8 Å². The summed E-state index contributed by atoms with van der Waals surface area (Å²) in [6.45, 7) is 4.18. The smallest absolute Gasteiger partial charge is 0.241 e. The maximum atomic E-state index is 12.5. The first-order valence-corrected chi connectivity index (χ1v) is 8.25. The molecular formula is C15H22N2OS. The number of amides is 1. The molecule has 3 rings (SSSR count). The van der Waals surface area contributed by atoms with Gasteiger partial charge in [-0.1, -0.05) is 19.8 Å². The van der Waals surface area contributed by atoms with Gasteiger partial charge in [-0.3, -0.25) is 10.1 Å². The molecule has 1 aromatic rings. The molecule has 1 aliphatic heterocycles.